The first kappa shape index (κ1) is 42.3. The third kappa shape index (κ3) is 6.76. The van der Waals surface area contributed by atoms with Crippen molar-refractivity contribution in [3.8, 4) is 39.5 Å². The Bertz CT molecular complexity index is 3370. The number of benzene rings is 6. The number of pyridine rings is 1. The highest BCUT2D eigenvalue weighted by atomic mass is 28.3. The maximum atomic E-state index is 7.32. The van der Waals surface area contributed by atoms with Crippen molar-refractivity contribution >= 4 is 51.9 Å². The molecule has 0 radical (unpaired) electrons. The fraction of sp³-hybridized carbons (Fsp3) is 0.279. The zero-order valence-electron chi connectivity index (χ0n) is 40.2. The molecule has 6 aromatic carbocycles. The minimum absolute atomic E-state index is 0.176. The van der Waals surface area contributed by atoms with E-state index in [9.17, 15) is 0 Å². The lowest BCUT2D eigenvalue weighted by Gasteiger charge is -2.32. The first-order valence-corrected chi connectivity index (χ1v) is 27.9. The average Bonchev–Trinajstić information content (AvgIpc) is 3.86. The van der Waals surface area contributed by atoms with Crippen LogP contribution in [0, 0.1) is 0 Å². The Morgan fingerprint density at radius 1 is 0.697 bits per heavy atom. The summed E-state index contributed by atoms with van der Waals surface area (Å²) >= 11 is 0. The fourth-order valence-electron chi connectivity index (χ4n) is 11.4. The number of fused-ring (bicyclic) bond motifs is 15. The summed E-state index contributed by atoms with van der Waals surface area (Å²) in [6, 6.07) is 50.7. The molecule has 11 rings (SSSR count). The number of allylic oxidation sites excluding steroid dienone is 1. The first-order chi connectivity index (χ1) is 31.8. The van der Waals surface area contributed by atoms with Gasteiger partial charge in [0.15, 0.2) is 28.9 Å². The van der Waals surface area contributed by atoms with Gasteiger partial charge in [-0.2, -0.15) is 13.7 Å². The van der Waals surface area contributed by atoms with E-state index >= 15 is 0 Å². The number of aromatic nitrogens is 3. The molecule has 2 atom stereocenters. The molecule has 2 aliphatic heterocycles. The van der Waals surface area contributed by atoms with Gasteiger partial charge in [-0.1, -0.05) is 159 Å². The summed E-state index contributed by atoms with van der Waals surface area (Å²) in [5, 5.41) is 3.80. The van der Waals surface area contributed by atoms with Gasteiger partial charge in [-0.25, -0.2) is 0 Å². The number of aryl methyl sites for hydroxylation is 1. The molecule has 0 saturated carbocycles. The molecule has 3 aromatic heterocycles. The Hall–Kier alpha value is -6.30. The molecule has 0 N–H and O–H groups in total. The summed E-state index contributed by atoms with van der Waals surface area (Å²) in [6.07, 6.45) is 5.21. The second kappa shape index (κ2) is 15.9. The predicted octanol–water partition coefficient (Wildman–Crippen LogP) is 15.2. The molecule has 2 unspecified atom stereocenters. The first-order valence-electron chi connectivity index (χ1n) is 24.4. The van der Waals surface area contributed by atoms with Crippen LogP contribution in [0.2, 0.25) is 19.6 Å². The molecule has 5 heterocycles. The highest BCUT2D eigenvalue weighted by Crippen LogP contribution is 2.48. The van der Waals surface area contributed by atoms with E-state index in [0.717, 1.165) is 58.2 Å². The Labute approximate surface area is 391 Å². The molecule has 0 saturated heterocycles. The quantitative estimate of drug-likeness (QED) is 0.121. The van der Waals surface area contributed by atoms with Crippen LogP contribution in [0.25, 0.3) is 78.1 Å². The highest BCUT2D eigenvalue weighted by Gasteiger charge is 2.45. The van der Waals surface area contributed by atoms with Crippen LogP contribution >= 0.6 is 0 Å². The summed E-state index contributed by atoms with van der Waals surface area (Å²) in [5.41, 5.74) is 19.6. The van der Waals surface area contributed by atoms with Crippen molar-refractivity contribution in [3.63, 3.8) is 0 Å². The molecule has 66 heavy (non-hydrogen) atoms. The average molecular weight is 882 g/mol. The van der Waals surface area contributed by atoms with E-state index in [0.29, 0.717) is 5.92 Å². The van der Waals surface area contributed by atoms with Gasteiger partial charge in [-0.05, 0) is 94.8 Å². The van der Waals surface area contributed by atoms with Crippen LogP contribution in [-0.4, -0.2) is 12.6 Å². The van der Waals surface area contributed by atoms with E-state index < -0.39 is 8.07 Å². The summed E-state index contributed by atoms with van der Waals surface area (Å²) in [5.74, 6) is 2.29. The van der Waals surface area contributed by atoms with Gasteiger partial charge in [0.05, 0.1) is 14.5 Å². The molecule has 0 bridgehead atoms. The van der Waals surface area contributed by atoms with Crippen LogP contribution in [0.3, 0.4) is 0 Å². The minimum Gasteiger partial charge on any atom is -0.455 e. The van der Waals surface area contributed by atoms with Gasteiger partial charge in [0.1, 0.15) is 22.5 Å². The molecule has 0 fully saturated rings. The summed E-state index contributed by atoms with van der Waals surface area (Å²) in [4.78, 5) is 0. The maximum Gasteiger partial charge on any atom is 0.304 e. The summed E-state index contributed by atoms with van der Waals surface area (Å²) < 4.78 is 15.2. The van der Waals surface area contributed by atoms with Gasteiger partial charge in [-0.3, -0.25) is 0 Å². The van der Waals surface area contributed by atoms with E-state index in [2.05, 4.69) is 215 Å². The van der Waals surface area contributed by atoms with E-state index in [-0.39, 0.29) is 23.8 Å². The molecule has 4 nitrogen and oxygen atoms in total. The van der Waals surface area contributed by atoms with E-state index in [1.54, 1.807) is 0 Å². The second-order valence-electron chi connectivity index (χ2n) is 21.2. The Balaban J connectivity index is 1.27. The predicted molar refractivity (Wildman–Crippen MR) is 279 cm³/mol. The van der Waals surface area contributed by atoms with E-state index in [1.807, 2.05) is 0 Å². The van der Waals surface area contributed by atoms with Gasteiger partial charge in [-0.15, -0.1) is 0 Å². The molecule has 5 heteroatoms. The lowest BCUT2D eigenvalue weighted by Crippen LogP contribution is -2.52. The standard InChI is InChI=1S/C61H63N3OSi/c1-37(2)43-26-29-49-50-30-25-42-24-28-48-46-20-14-15-21-47(46)53-31-27-45(66(8,9)10)36-62(53)56(48)32-40(7)63-54-22-16-17-23-55(54)64(61(63)58(42)60(50)65-57(49)35-43)59-51(38(3)4)33-44(34-52(59)39(5)6)41-18-12-11-13-19-41/h11-23,25-27,29-31,33-39,48,56H,7,24,28,32H2,1-6,8-10H3/q+2. The third-order valence-corrected chi connectivity index (χ3v) is 17.0. The number of para-hydroxylation sites is 2. The van der Waals surface area contributed by atoms with Crippen LogP contribution in [0.4, 0.5) is 0 Å². The number of nitrogens with zero attached hydrogens (tertiary/aromatic N) is 3. The fourth-order valence-corrected chi connectivity index (χ4v) is 12.5. The third-order valence-electron chi connectivity index (χ3n) is 15.0. The van der Waals surface area contributed by atoms with E-state index in [1.165, 1.54) is 72.2 Å². The van der Waals surface area contributed by atoms with Crippen LogP contribution in [-0.2, 0) is 6.42 Å². The van der Waals surface area contributed by atoms with Crippen LogP contribution in [0.1, 0.15) is 112 Å². The van der Waals surface area contributed by atoms with Crippen molar-refractivity contribution in [2.75, 3.05) is 0 Å². The van der Waals surface area contributed by atoms with Crippen molar-refractivity contribution in [1.29, 1.82) is 0 Å². The number of imidazole rings is 1. The molecule has 0 aliphatic carbocycles. The summed E-state index contributed by atoms with van der Waals surface area (Å²) in [6.45, 7) is 26.5. The Morgan fingerprint density at radius 2 is 1.39 bits per heavy atom. The summed E-state index contributed by atoms with van der Waals surface area (Å²) in [7, 11) is -1.64. The molecular formula is C61H63N3OSi+2. The minimum atomic E-state index is -1.64. The molecule has 9 aromatic rings. The van der Waals surface area contributed by atoms with Gasteiger partial charge in [0.25, 0.3) is 0 Å². The molecule has 0 spiro atoms. The highest BCUT2D eigenvalue weighted by molar-refractivity contribution is 6.88. The van der Waals surface area contributed by atoms with Crippen molar-refractivity contribution in [2.24, 2.45) is 0 Å². The van der Waals surface area contributed by atoms with Crippen molar-refractivity contribution < 1.29 is 13.6 Å². The number of furan rings is 1. The number of hydrogen-bond acceptors (Lipinski definition) is 1. The van der Waals surface area contributed by atoms with Gasteiger partial charge in [0.2, 0.25) is 5.69 Å². The van der Waals surface area contributed by atoms with E-state index in [4.69, 9.17) is 11.0 Å². The van der Waals surface area contributed by atoms with Crippen LogP contribution in [0.15, 0.2) is 151 Å². The SMILES string of the molecule is C=C1CC2C(CCc3ccc4c(oc5cc(C(C)C)ccc54)c3-c3n1c1ccccc1[n+]3-c1c(C(C)C)cc(-c3ccccc3)cc1C(C)C)c1ccccc1-c1ccc([Si](C)(C)C)c[n+]12. The topological polar surface area (TPSA) is 25.8 Å². The lowest BCUT2D eigenvalue weighted by atomic mass is 9.77. The van der Waals surface area contributed by atoms with Crippen LogP contribution < -0.4 is 14.3 Å². The monoisotopic (exact) mass is 881 g/mol. The van der Waals surface area contributed by atoms with Crippen molar-refractivity contribution in [2.45, 2.75) is 110 Å². The maximum absolute atomic E-state index is 7.32. The normalized spacial score (nSPS) is 16.2. The molecule has 330 valence electrons. The largest absolute Gasteiger partial charge is 0.455 e. The zero-order chi connectivity index (χ0) is 45.8. The number of hydrogen-bond donors (Lipinski definition) is 0. The van der Waals surface area contributed by atoms with Gasteiger partial charge < -0.3 is 4.42 Å². The lowest BCUT2D eigenvalue weighted by molar-refractivity contribution is -0.716. The Morgan fingerprint density at radius 3 is 2.12 bits per heavy atom. The van der Waals surface area contributed by atoms with Gasteiger partial charge in [0, 0.05) is 44.6 Å². The van der Waals surface area contributed by atoms with Crippen LogP contribution in [0.5, 0.6) is 0 Å². The molecular weight excluding hydrogens is 819 g/mol. The molecule has 0 amide bonds. The smallest absolute Gasteiger partial charge is 0.304 e. The van der Waals surface area contributed by atoms with Crippen molar-refractivity contribution in [1.82, 2.24) is 4.57 Å². The van der Waals surface area contributed by atoms with Crippen molar-refractivity contribution in [3.05, 3.63) is 174 Å². The Kier molecular flexibility index (Phi) is 10.2. The zero-order valence-corrected chi connectivity index (χ0v) is 41.2. The second-order valence-corrected chi connectivity index (χ2v) is 26.3. The van der Waals surface area contributed by atoms with Gasteiger partial charge >= 0.3 is 5.82 Å². The molecule has 2 aliphatic rings. The number of rotatable bonds is 6.